The highest BCUT2D eigenvalue weighted by Gasteiger charge is 2.21. The Kier molecular flexibility index (Phi) is 4.42. The van der Waals surface area contributed by atoms with Crippen LogP contribution in [0, 0.1) is 0 Å². The van der Waals surface area contributed by atoms with Gasteiger partial charge in [0.25, 0.3) is 0 Å². The van der Waals surface area contributed by atoms with Crippen LogP contribution in [0.25, 0.3) is 0 Å². The van der Waals surface area contributed by atoms with Crippen LogP contribution >= 0.6 is 0 Å². The number of carboxylic acids is 1. The maximum absolute atomic E-state index is 11.4. The molecule has 0 bridgehead atoms. The van der Waals surface area contributed by atoms with E-state index >= 15 is 0 Å². The Morgan fingerprint density at radius 2 is 2.00 bits per heavy atom. The van der Waals surface area contributed by atoms with E-state index in [-0.39, 0.29) is 29.1 Å². The van der Waals surface area contributed by atoms with Crippen molar-refractivity contribution in [2.24, 2.45) is 0 Å². The monoisotopic (exact) mass is 251 g/mol. The summed E-state index contributed by atoms with van der Waals surface area (Å²) >= 11 is 0. The normalized spacial score (nSPS) is 9.67. The van der Waals surface area contributed by atoms with Gasteiger partial charge in [0, 0.05) is 6.42 Å². The zero-order valence-electron chi connectivity index (χ0n) is 10.0. The Balaban J connectivity index is 3.30. The fourth-order valence-electron chi connectivity index (χ4n) is 1.41. The first kappa shape index (κ1) is 13.7. The minimum absolute atomic E-state index is 0.0808. The number of benzene rings is 1. The molecule has 0 aromatic heterocycles. The smallest absolute Gasteiger partial charge is 0.338 e. The maximum atomic E-state index is 11.4. The van der Waals surface area contributed by atoms with E-state index in [2.05, 4.69) is 10.1 Å². The minimum atomic E-state index is -1.30. The quantitative estimate of drug-likeness (QED) is 0.791. The van der Waals surface area contributed by atoms with Gasteiger partial charge in [-0.05, 0) is 12.1 Å². The molecule has 0 radical (unpaired) electrons. The lowest BCUT2D eigenvalue weighted by Gasteiger charge is -2.10. The van der Waals surface area contributed by atoms with Gasteiger partial charge in [0.2, 0.25) is 5.91 Å². The summed E-state index contributed by atoms with van der Waals surface area (Å²) in [6.07, 6.45) is 0.210. The number of esters is 1. The van der Waals surface area contributed by atoms with Crippen LogP contribution in [-0.4, -0.2) is 30.1 Å². The second kappa shape index (κ2) is 5.81. The molecule has 0 aliphatic rings. The zero-order chi connectivity index (χ0) is 13.7. The molecule has 6 nitrogen and oxygen atoms in total. The standard InChI is InChI=1S/C12H13NO5/c1-3-9(14)13-8-6-4-5-7(12(17)18-2)10(8)11(15)16/h4-6H,3H2,1-2H3,(H,13,14)(H,15,16). The summed E-state index contributed by atoms with van der Waals surface area (Å²) in [7, 11) is 1.16. The van der Waals surface area contributed by atoms with Crippen LogP contribution in [0.5, 0.6) is 0 Å². The number of hydrogen-bond acceptors (Lipinski definition) is 4. The number of carbonyl (C=O) groups excluding carboxylic acids is 2. The SMILES string of the molecule is CCC(=O)Nc1cccc(C(=O)OC)c1C(=O)O. The van der Waals surface area contributed by atoms with Crippen LogP contribution in [0.4, 0.5) is 5.69 Å². The molecule has 0 aliphatic carbocycles. The van der Waals surface area contributed by atoms with E-state index in [1.165, 1.54) is 18.2 Å². The number of aromatic carboxylic acids is 1. The third-order valence-electron chi connectivity index (χ3n) is 2.28. The topological polar surface area (TPSA) is 92.7 Å². The Labute approximate surface area is 104 Å². The molecule has 0 fully saturated rings. The first-order valence-corrected chi connectivity index (χ1v) is 5.25. The van der Waals surface area contributed by atoms with Crippen LogP contribution in [0.2, 0.25) is 0 Å². The van der Waals surface area contributed by atoms with Crippen LogP contribution in [0.15, 0.2) is 18.2 Å². The van der Waals surface area contributed by atoms with Crippen molar-refractivity contribution in [1.29, 1.82) is 0 Å². The second-order valence-corrected chi connectivity index (χ2v) is 3.43. The highest BCUT2D eigenvalue weighted by molar-refractivity contribution is 6.08. The molecule has 1 rings (SSSR count). The molecule has 0 spiro atoms. The minimum Gasteiger partial charge on any atom is -0.478 e. The van der Waals surface area contributed by atoms with E-state index in [0.29, 0.717) is 0 Å². The number of carbonyl (C=O) groups is 3. The highest BCUT2D eigenvalue weighted by atomic mass is 16.5. The molecule has 0 saturated heterocycles. The number of rotatable bonds is 4. The Morgan fingerprint density at radius 3 is 2.50 bits per heavy atom. The molecule has 2 N–H and O–H groups in total. The molecule has 0 atom stereocenters. The maximum Gasteiger partial charge on any atom is 0.338 e. The van der Waals surface area contributed by atoms with Gasteiger partial charge in [-0.1, -0.05) is 13.0 Å². The number of methoxy groups -OCH3 is 1. The van der Waals surface area contributed by atoms with Gasteiger partial charge >= 0.3 is 11.9 Å². The Morgan fingerprint density at radius 1 is 1.33 bits per heavy atom. The average molecular weight is 251 g/mol. The first-order valence-electron chi connectivity index (χ1n) is 5.25. The summed E-state index contributed by atoms with van der Waals surface area (Å²) in [5.74, 6) is -2.40. The van der Waals surface area contributed by atoms with Crippen molar-refractivity contribution in [1.82, 2.24) is 0 Å². The molecular formula is C12H13NO5. The van der Waals surface area contributed by atoms with Gasteiger partial charge in [-0.2, -0.15) is 0 Å². The largest absolute Gasteiger partial charge is 0.478 e. The molecule has 0 saturated carbocycles. The lowest BCUT2D eigenvalue weighted by atomic mass is 10.1. The predicted octanol–water partition coefficient (Wildman–Crippen LogP) is 1.52. The van der Waals surface area contributed by atoms with E-state index in [1.807, 2.05) is 0 Å². The second-order valence-electron chi connectivity index (χ2n) is 3.43. The predicted molar refractivity (Wildman–Crippen MR) is 63.7 cm³/mol. The number of anilines is 1. The first-order chi connectivity index (χ1) is 8.51. The summed E-state index contributed by atoms with van der Waals surface area (Å²) in [6.45, 7) is 1.64. The van der Waals surface area contributed by atoms with Crippen LogP contribution < -0.4 is 5.32 Å². The third-order valence-corrected chi connectivity index (χ3v) is 2.28. The molecule has 0 aliphatic heterocycles. The summed E-state index contributed by atoms with van der Waals surface area (Å²) in [5, 5.41) is 11.6. The number of amides is 1. The van der Waals surface area contributed by atoms with E-state index in [0.717, 1.165) is 7.11 Å². The Hall–Kier alpha value is -2.37. The van der Waals surface area contributed by atoms with Gasteiger partial charge in [-0.15, -0.1) is 0 Å². The number of hydrogen-bond donors (Lipinski definition) is 2. The summed E-state index contributed by atoms with van der Waals surface area (Å²) in [6, 6.07) is 4.23. The number of carboxylic acid groups (broad SMARTS) is 1. The van der Waals surface area contributed by atoms with E-state index in [4.69, 9.17) is 5.11 Å². The van der Waals surface area contributed by atoms with Crippen molar-refractivity contribution in [3.8, 4) is 0 Å². The molecule has 0 unspecified atom stereocenters. The molecule has 1 aromatic rings. The molecule has 1 aromatic carbocycles. The van der Waals surface area contributed by atoms with Crippen LogP contribution in [-0.2, 0) is 9.53 Å². The zero-order valence-corrected chi connectivity index (χ0v) is 10.0. The molecule has 6 heteroatoms. The molecule has 18 heavy (non-hydrogen) atoms. The van der Waals surface area contributed by atoms with Crippen molar-refractivity contribution in [3.05, 3.63) is 29.3 Å². The van der Waals surface area contributed by atoms with Gasteiger partial charge in [0.15, 0.2) is 0 Å². The van der Waals surface area contributed by atoms with Crippen molar-refractivity contribution in [2.75, 3.05) is 12.4 Å². The van der Waals surface area contributed by atoms with E-state index < -0.39 is 11.9 Å². The summed E-state index contributed by atoms with van der Waals surface area (Å²) in [5.41, 5.74) is -0.290. The lowest BCUT2D eigenvalue weighted by Crippen LogP contribution is -2.17. The van der Waals surface area contributed by atoms with E-state index in [1.54, 1.807) is 6.92 Å². The van der Waals surface area contributed by atoms with Crippen molar-refractivity contribution in [3.63, 3.8) is 0 Å². The van der Waals surface area contributed by atoms with Crippen LogP contribution in [0.1, 0.15) is 34.1 Å². The highest BCUT2D eigenvalue weighted by Crippen LogP contribution is 2.21. The fourth-order valence-corrected chi connectivity index (χ4v) is 1.41. The summed E-state index contributed by atoms with van der Waals surface area (Å²) in [4.78, 5) is 33.9. The third kappa shape index (κ3) is 2.85. The van der Waals surface area contributed by atoms with Crippen LogP contribution in [0.3, 0.4) is 0 Å². The molecular weight excluding hydrogens is 238 g/mol. The molecule has 1 amide bonds. The number of nitrogens with one attached hydrogen (secondary N) is 1. The lowest BCUT2D eigenvalue weighted by molar-refractivity contribution is -0.115. The Bertz CT molecular complexity index is 495. The van der Waals surface area contributed by atoms with Gasteiger partial charge in [-0.3, -0.25) is 4.79 Å². The van der Waals surface area contributed by atoms with Gasteiger partial charge in [-0.25, -0.2) is 9.59 Å². The number of ether oxygens (including phenoxy) is 1. The van der Waals surface area contributed by atoms with Crippen molar-refractivity contribution in [2.45, 2.75) is 13.3 Å². The molecule has 0 heterocycles. The average Bonchev–Trinajstić information content (AvgIpc) is 2.36. The van der Waals surface area contributed by atoms with Crippen molar-refractivity contribution >= 4 is 23.5 Å². The van der Waals surface area contributed by atoms with Crippen molar-refractivity contribution < 1.29 is 24.2 Å². The molecule has 96 valence electrons. The van der Waals surface area contributed by atoms with Gasteiger partial charge < -0.3 is 15.2 Å². The summed E-state index contributed by atoms with van der Waals surface area (Å²) < 4.78 is 4.50. The van der Waals surface area contributed by atoms with E-state index in [9.17, 15) is 14.4 Å². The van der Waals surface area contributed by atoms with Gasteiger partial charge in [0.05, 0.1) is 23.9 Å². The fraction of sp³-hybridized carbons (Fsp3) is 0.250. The van der Waals surface area contributed by atoms with Gasteiger partial charge in [0.1, 0.15) is 0 Å².